The molecule has 3 aromatic heterocycles. The Kier molecular flexibility index (Phi) is 11.0. The topological polar surface area (TPSA) is 71.5 Å². The van der Waals surface area contributed by atoms with Crippen LogP contribution >= 0.6 is 0 Å². The maximum absolute atomic E-state index is 12.4. The van der Waals surface area contributed by atoms with E-state index in [9.17, 15) is 14.0 Å². The molecular formula is C50H30F2KN5. The van der Waals surface area contributed by atoms with Gasteiger partial charge >= 0.3 is 51.4 Å². The fourth-order valence-electron chi connectivity index (χ4n) is 7.71. The number of hydrogen-bond acceptors (Lipinski definition) is 2. The monoisotopic (exact) mass is 777 g/mol. The molecule has 3 heterocycles. The third kappa shape index (κ3) is 6.78. The molecule has 0 spiro atoms. The van der Waals surface area contributed by atoms with E-state index in [1.807, 2.05) is 12.1 Å². The van der Waals surface area contributed by atoms with Gasteiger partial charge in [0, 0.05) is 21.5 Å². The SMILES string of the molecule is N#Cc1c(-n2c3ccccc3c3ccccc32)cccc1-n1c2ccccc2c2ccccc21.N#Cc1c(F)cccc1F.[K+].c1ccc2c(c1)[n-]c1ccccc12. The Morgan fingerprint density at radius 2 is 0.672 bits per heavy atom. The molecule has 5 nitrogen and oxygen atoms in total. The maximum atomic E-state index is 12.4. The quantitative estimate of drug-likeness (QED) is 0.164. The van der Waals surface area contributed by atoms with Crippen LogP contribution in [0.4, 0.5) is 8.78 Å². The number of benzene rings is 8. The van der Waals surface area contributed by atoms with Crippen LogP contribution in [0.25, 0.3) is 76.8 Å². The molecule has 0 saturated heterocycles. The summed E-state index contributed by atoms with van der Waals surface area (Å²) in [5, 5.41) is 25.9. The second-order valence-electron chi connectivity index (χ2n) is 13.4. The van der Waals surface area contributed by atoms with E-state index < -0.39 is 17.2 Å². The first-order chi connectivity index (χ1) is 28.1. The predicted octanol–water partition coefficient (Wildman–Crippen LogP) is 9.54. The fraction of sp³-hybridized carbons (Fsp3) is 0. The molecule has 8 heteroatoms. The molecule has 0 aliphatic heterocycles. The van der Waals surface area contributed by atoms with Gasteiger partial charge in [-0.3, -0.25) is 0 Å². The number of aromatic nitrogens is 3. The average molecular weight is 778 g/mol. The average Bonchev–Trinajstić information content (AvgIpc) is 3.92. The van der Waals surface area contributed by atoms with Crippen LogP contribution in [-0.2, 0) is 0 Å². The zero-order valence-electron chi connectivity index (χ0n) is 31.3. The van der Waals surface area contributed by atoms with Crippen molar-refractivity contribution in [1.82, 2.24) is 14.1 Å². The molecule has 11 aromatic rings. The van der Waals surface area contributed by atoms with Gasteiger partial charge in [-0.05, 0) is 59.3 Å². The van der Waals surface area contributed by atoms with E-state index in [1.54, 1.807) is 0 Å². The molecule has 270 valence electrons. The van der Waals surface area contributed by atoms with Gasteiger partial charge in [-0.2, -0.15) is 10.5 Å². The zero-order chi connectivity index (χ0) is 38.9. The van der Waals surface area contributed by atoms with Gasteiger partial charge in [0.25, 0.3) is 0 Å². The van der Waals surface area contributed by atoms with Crippen molar-refractivity contribution in [3.8, 4) is 23.5 Å². The number of nitrogens with zero attached hydrogens (tertiary/aromatic N) is 5. The largest absolute Gasteiger partial charge is 1.00 e. The molecule has 0 N–H and O–H groups in total. The fourth-order valence-corrected chi connectivity index (χ4v) is 7.71. The number of hydrogen-bond donors (Lipinski definition) is 0. The maximum Gasteiger partial charge on any atom is 1.00 e. The smallest absolute Gasteiger partial charge is 0.657 e. The summed E-state index contributed by atoms with van der Waals surface area (Å²) in [4.78, 5) is 4.52. The van der Waals surface area contributed by atoms with Crippen LogP contribution in [-0.4, -0.2) is 9.13 Å². The van der Waals surface area contributed by atoms with E-state index >= 15 is 0 Å². The van der Waals surface area contributed by atoms with Crippen LogP contribution in [0.1, 0.15) is 11.1 Å². The van der Waals surface area contributed by atoms with Crippen LogP contribution < -0.4 is 56.4 Å². The third-order valence-corrected chi connectivity index (χ3v) is 10.2. The summed E-state index contributed by atoms with van der Waals surface area (Å²) in [6.45, 7) is 0. The predicted molar refractivity (Wildman–Crippen MR) is 226 cm³/mol. The van der Waals surface area contributed by atoms with Gasteiger partial charge in [0.05, 0.1) is 33.4 Å². The second-order valence-corrected chi connectivity index (χ2v) is 13.4. The molecule has 0 fully saturated rings. The molecule has 11 rings (SSSR count). The Morgan fingerprint density at radius 3 is 1.02 bits per heavy atom. The molecular weight excluding hydrogens is 748 g/mol. The molecule has 0 amide bonds. The number of rotatable bonds is 2. The minimum Gasteiger partial charge on any atom is -0.657 e. The Balaban J connectivity index is 0.000000159. The Bertz CT molecular complexity index is 3070. The summed E-state index contributed by atoms with van der Waals surface area (Å²) in [6.07, 6.45) is 0. The first-order valence-electron chi connectivity index (χ1n) is 18.3. The normalized spacial score (nSPS) is 10.8. The molecule has 0 aliphatic carbocycles. The first kappa shape index (κ1) is 38.5. The van der Waals surface area contributed by atoms with Crippen molar-refractivity contribution in [3.63, 3.8) is 0 Å². The van der Waals surface area contributed by atoms with E-state index in [2.05, 4.69) is 172 Å². The Hall–Kier alpha value is -6.36. The summed E-state index contributed by atoms with van der Waals surface area (Å²) in [5.74, 6) is -1.63. The van der Waals surface area contributed by atoms with Gasteiger partial charge in [-0.1, -0.05) is 133 Å². The third-order valence-electron chi connectivity index (χ3n) is 10.2. The number of fused-ring (bicyclic) bond motifs is 9. The number of halogens is 2. The van der Waals surface area contributed by atoms with Gasteiger partial charge in [0.2, 0.25) is 0 Å². The van der Waals surface area contributed by atoms with E-state index in [4.69, 9.17) is 5.26 Å². The Labute approximate surface area is 375 Å². The summed E-state index contributed by atoms with van der Waals surface area (Å²) >= 11 is 0. The van der Waals surface area contributed by atoms with Crippen molar-refractivity contribution in [2.75, 3.05) is 0 Å². The van der Waals surface area contributed by atoms with Crippen LogP contribution in [0.15, 0.2) is 182 Å². The van der Waals surface area contributed by atoms with Gasteiger partial charge in [-0.15, -0.1) is 11.0 Å². The minimum atomic E-state index is -0.817. The molecule has 0 radical (unpaired) electrons. The van der Waals surface area contributed by atoms with Crippen LogP contribution in [0, 0.1) is 34.3 Å². The minimum absolute atomic E-state index is 0. The van der Waals surface area contributed by atoms with E-state index in [0.29, 0.717) is 5.56 Å². The van der Waals surface area contributed by atoms with Gasteiger partial charge in [0.1, 0.15) is 34.9 Å². The summed E-state index contributed by atoms with van der Waals surface area (Å²) in [7, 11) is 0. The molecule has 0 aliphatic rings. The summed E-state index contributed by atoms with van der Waals surface area (Å²) in [5.41, 5.74) is 8.47. The zero-order valence-corrected chi connectivity index (χ0v) is 34.4. The van der Waals surface area contributed by atoms with Gasteiger partial charge in [0.15, 0.2) is 0 Å². The molecule has 58 heavy (non-hydrogen) atoms. The van der Waals surface area contributed by atoms with Crippen molar-refractivity contribution in [2.45, 2.75) is 0 Å². The Morgan fingerprint density at radius 1 is 0.362 bits per heavy atom. The number of para-hydroxylation sites is 6. The van der Waals surface area contributed by atoms with Crippen molar-refractivity contribution in [1.29, 1.82) is 10.5 Å². The summed E-state index contributed by atoms with van der Waals surface area (Å²) in [6, 6.07) is 63.5. The molecule has 0 unspecified atom stereocenters. The van der Waals surface area contributed by atoms with Crippen molar-refractivity contribution in [3.05, 3.63) is 205 Å². The van der Waals surface area contributed by atoms with E-state index in [-0.39, 0.29) is 51.4 Å². The van der Waals surface area contributed by atoms with Crippen molar-refractivity contribution in [2.24, 2.45) is 0 Å². The van der Waals surface area contributed by atoms with Gasteiger partial charge < -0.3 is 14.1 Å². The second kappa shape index (κ2) is 16.6. The molecule has 0 saturated carbocycles. The standard InChI is InChI=1S/C31H19N3.C12H8N.C7H3F2N.K/c32-20-25-30(33-26-14-5-1-10-21(26)22-11-2-6-15-27(22)33)18-9-19-31(25)34-28-16-7-3-12-23(28)24-13-4-8-17-29(24)34;1-3-7-11-9(5-1)10-6-2-4-8-12(10)13-11;8-6-2-1-3-7(9)5(6)4-10;/h1-19H;1-8H;1-3H;/q;-1;;+1. The van der Waals surface area contributed by atoms with Crippen LogP contribution in [0.5, 0.6) is 0 Å². The van der Waals surface area contributed by atoms with Crippen LogP contribution in [0.2, 0.25) is 0 Å². The van der Waals surface area contributed by atoms with Gasteiger partial charge in [-0.25, -0.2) is 8.78 Å². The molecule has 0 atom stereocenters. The molecule has 0 bridgehead atoms. The van der Waals surface area contributed by atoms with Crippen LogP contribution in [0.3, 0.4) is 0 Å². The van der Waals surface area contributed by atoms with E-state index in [0.717, 1.165) is 56.6 Å². The summed E-state index contributed by atoms with van der Waals surface area (Å²) < 4.78 is 29.2. The van der Waals surface area contributed by atoms with Crippen molar-refractivity contribution < 1.29 is 60.2 Å². The molecule has 8 aromatic carbocycles. The van der Waals surface area contributed by atoms with Crippen molar-refractivity contribution >= 4 is 65.4 Å². The number of nitriles is 2. The van der Waals surface area contributed by atoms with E-state index in [1.165, 1.54) is 44.5 Å². The first-order valence-corrected chi connectivity index (χ1v) is 18.3.